The third-order valence-corrected chi connectivity index (χ3v) is 22.3. The van der Waals surface area contributed by atoms with Crippen molar-refractivity contribution in [2.75, 3.05) is 47.9 Å². The van der Waals surface area contributed by atoms with Crippen molar-refractivity contribution in [1.82, 2.24) is 15.1 Å². The molecule has 4 unspecified atom stereocenters. The molecule has 6 fully saturated rings. The van der Waals surface area contributed by atoms with Crippen LogP contribution in [0.5, 0.6) is 0 Å². The molecule has 3 saturated heterocycles. The average molecular weight is 1130 g/mol. The van der Waals surface area contributed by atoms with Gasteiger partial charge in [-0.15, -0.1) is 0 Å². The second-order valence-corrected chi connectivity index (χ2v) is 27.8. The number of nitrogens with one attached hydrogen (secondary N) is 1. The minimum atomic E-state index is -1.93. The summed E-state index contributed by atoms with van der Waals surface area (Å²) in [6.45, 7) is 25.7. The fourth-order valence-electron chi connectivity index (χ4n) is 17.2. The molecule has 18 nitrogen and oxygen atoms in total. The molecule has 0 aromatic carbocycles. The molecule has 25 atom stereocenters. The number of aliphatic hydroxyl groups is 5. The summed E-state index contributed by atoms with van der Waals surface area (Å²) in [5.41, 5.74) is -5.13. The number of ketones is 1. The van der Waals surface area contributed by atoms with E-state index in [0.717, 1.165) is 31.3 Å². The van der Waals surface area contributed by atoms with E-state index in [1.807, 2.05) is 66.6 Å². The molecule has 3 saturated carbocycles. The van der Waals surface area contributed by atoms with Gasteiger partial charge in [-0.25, -0.2) is 0 Å². The van der Waals surface area contributed by atoms with Crippen molar-refractivity contribution in [2.24, 2.45) is 52.3 Å². The molecule has 460 valence electrons. The Labute approximate surface area is 479 Å². The number of aliphatic hydroxyl groups excluding tert-OH is 3. The summed E-state index contributed by atoms with van der Waals surface area (Å²) < 4.78 is 45.5. The van der Waals surface area contributed by atoms with Crippen LogP contribution in [0.3, 0.4) is 0 Å². The number of fused-ring (bicyclic) bond motifs is 5. The van der Waals surface area contributed by atoms with E-state index in [-0.39, 0.29) is 84.3 Å². The number of ether oxygens (including phenoxy) is 7. The van der Waals surface area contributed by atoms with Gasteiger partial charge in [0.05, 0.1) is 47.6 Å². The van der Waals surface area contributed by atoms with E-state index in [1.54, 1.807) is 35.0 Å². The van der Waals surface area contributed by atoms with Crippen molar-refractivity contribution < 1.29 is 73.1 Å². The van der Waals surface area contributed by atoms with E-state index in [2.05, 4.69) is 31.0 Å². The molecule has 0 aromatic heterocycles. The van der Waals surface area contributed by atoms with Crippen LogP contribution in [0.4, 0.5) is 0 Å². The Bertz CT molecular complexity index is 2180. The van der Waals surface area contributed by atoms with Gasteiger partial charge in [-0.3, -0.25) is 19.3 Å². The van der Waals surface area contributed by atoms with Crippen LogP contribution in [0, 0.1) is 52.3 Å². The highest BCUT2D eigenvalue weighted by molar-refractivity contribution is 5.91. The second-order valence-electron chi connectivity index (χ2n) is 27.8. The molecule has 0 radical (unpaired) electrons. The molecule has 18 heteroatoms. The molecular formula is C62H107N3O15. The zero-order chi connectivity index (χ0) is 59.4. The van der Waals surface area contributed by atoms with Crippen LogP contribution in [-0.2, 0) is 47.5 Å². The summed E-state index contributed by atoms with van der Waals surface area (Å²) in [4.78, 5) is 46.1. The lowest BCUT2D eigenvalue weighted by Crippen LogP contribution is -2.64. The van der Waals surface area contributed by atoms with Crippen molar-refractivity contribution >= 4 is 17.7 Å². The number of hydrogen-bond donors (Lipinski definition) is 6. The van der Waals surface area contributed by atoms with Gasteiger partial charge >= 0.3 is 5.97 Å². The summed E-state index contributed by atoms with van der Waals surface area (Å²) in [6, 6.07) is -1.03. The number of hydrogen-bond acceptors (Lipinski definition) is 17. The highest BCUT2D eigenvalue weighted by Gasteiger charge is 2.69. The molecule has 3 aliphatic heterocycles. The maximum atomic E-state index is 14.8. The number of likely N-dealkylation sites (N-methyl/N-ethyl adjacent to an activating group) is 1. The first kappa shape index (κ1) is 65.4. The average Bonchev–Trinajstić information content (AvgIpc) is 3.35. The van der Waals surface area contributed by atoms with Crippen molar-refractivity contribution in [1.29, 1.82) is 0 Å². The molecule has 0 aromatic rings. The number of methoxy groups -OCH3 is 2. The quantitative estimate of drug-likeness (QED) is 0.0925. The topological polar surface area (TPSA) is 235 Å². The Morgan fingerprint density at radius 3 is 2.21 bits per heavy atom. The first-order chi connectivity index (χ1) is 37.3. The van der Waals surface area contributed by atoms with E-state index >= 15 is 0 Å². The number of carbonyl (C=O) groups is 3. The van der Waals surface area contributed by atoms with Crippen LogP contribution >= 0.6 is 0 Å². The Balaban J connectivity index is 1.15. The molecule has 1 amide bonds. The molecule has 0 spiro atoms. The monoisotopic (exact) mass is 1130 g/mol. The van der Waals surface area contributed by atoms with Crippen LogP contribution in [0.1, 0.15) is 167 Å². The number of cyclic esters (lactones) is 1. The molecule has 4 aliphatic carbocycles. The Morgan fingerprint density at radius 2 is 1.57 bits per heavy atom. The number of rotatable bonds is 13. The summed E-state index contributed by atoms with van der Waals surface area (Å²) >= 11 is 0. The maximum Gasteiger partial charge on any atom is 0.311 e. The van der Waals surface area contributed by atoms with Gasteiger partial charge < -0.3 is 68.9 Å². The molecule has 6 N–H and O–H groups in total. The van der Waals surface area contributed by atoms with Crippen molar-refractivity contribution in [2.45, 2.75) is 263 Å². The SMILES string of the molecule is CC[C@H]1OC(=O)[C@H](C)[C@@H](O[C@@H]2C[C@](C)(OC)[C@H](C)C(C)O2)[C@H](C)[C@@H](O[C@@H]2O[C@H](C)C[C@@H](N(C)C)[C@H]2O)[C@](C)(O)C[C@@H](C)CN(CCCNC(=O)[C@@]2(OC)CCC3C4CCC5=CC(=O)CC[C@]5(C)C4[C@@H](O)C[C@@]32C)[C@H](C)[C@@H](O)[C@]1(C)O. The molecule has 7 rings (SSSR count). The lowest BCUT2D eigenvalue weighted by molar-refractivity contribution is -0.313. The first-order valence-corrected chi connectivity index (χ1v) is 30.6. The molecular weight excluding hydrogens is 1030 g/mol. The number of nitrogens with zero attached hydrogens (tertiary/aromatic N) is 2. The molecule has 80 heavy (non-hydrogen) atoms. The zero-order valence-corrected chi connectivity index (χ0v) is 51.9. The fraction of sp³-hybridized carbons (Fsp3) is 0.919. The number of amides is 1. The van der Waals surface area contributed by atoms with Gasteiger partial charge in [0.25, 0.3) is 5.91 Å². The third kappa shape index (κ3) is 12.3. The van der Waals surface area contributed by atoms with Crippen molar-refractivity contribution in [3.63, 3.8) is 0 Å². The van der Waals surface area contributed by atoms with Crippen LogP contribution in [0.2, 0.25) is 0 Å². The minimum absolute atomic E-state index is 0.00394. The zero-order valence-electron chi connectivity index (χ0n) is 51.9. The van der Waals surface area contributed by atoms with Crippen LogP contribution in [0.25, 0.3) is 0 Å². The number of esters is 1. The highest BCUT2D eigenvalue weighted by Crippen LogP contribution is 2.68. The number of allylic oxidation sites excluding steroid dienone is 1. The predicted octanol–water partition coefficient (Wildman–Crippen LogP) is 5.94. The van der Waals surface area contributed by atoms with Gasteiger partial charge in [0.2, 0.25) is 0 Å². The maximum absolute atomic E-state index is 14.8. The van der Waals surface area contributed by atoms with E-state index in [9.17, 15) is 39.9 Å². The van der Waals surface area contributed by atoms with E-state index < -0.39 is 101 Å². The van der Waals surface area contributed by atoms with Crippen LogP contribution < -0.4 is 5.32 Å². The Hall–Kier alpha value is -2.17. The van der Waals surface area contributed by atoms with Gasteiger partial charge in [-0.1, -0.05) is 47.1 Å². The second kappa shape index (κ2) is 25.0. The Morgan fingerprint density at radius 1 is 0.887 bits per heavy atom. The first-order valence-electron chi connectivity index (χ1n) is 30.6. The van der Waals surface area contributed by atoms with Gasteiger partial charge in [0.1, 0.15) is 23.9 Å². The van der Waals surface area contributed by atoms with Crippen LogP contribution in [-0.4, -0.2) is 197 Å². The van der Waals surface area contributed by atoms with Gasteiger partial charge in [0, 0.05) is 76.0 Å². The molecule has 3 heterocycles. The lowest BCUT2D eigenvalue weighted by atomic mass is 9.45. The summed E-state index contributed by atoms with van der Waals surface area (Å²) in [5.74, 6) is -2.48. The summed E-state index contributed by atoms with van der Waals surface area (Å²) in [6.07, 6.45) is -0.907. The van der Waals surface area contributed by atoms with Gasteiger partial charge in [-0.05, 0) is 162 Å². The van der Waals surface area contributed by atoms with E-state index in [4.69, 9.17) is 33.2 Å². The fourth-order valence-corrected chi connectivity index (χ4v) is 17.2. The third-order valence-electron chi connectivity index (χ3n) is 22.3. The largest absolute Gasteiger partial charge is 0.459 e. The number of carbonyl (C=O) groups excluding carboxylic acids is 3. The van der Waals surface area contributed by atoms with Crippen molar-refractivity contribution in [3.05, 3.63) is 11.6 Å². The standard InChI is InChI=1S/C62H107N3O15/c1-18-47-61(13,73)52(69)39(7)65(27-19-26-63-56(71)62(75-17)25-23-44-43-21-20-41-29-42(66)22-24-57(41,9)49(43)46(67)31-58(44,62)10)33-34(2)30-59(11,72)53(80-55-50(68)45(64(14)15)28-35(3)76-55)36(4)51(37(5)54(70)78-47)79-48-32-60(12,74-16)38(6)40(8)77-48/h29,34-40,43-53,55,67-69,72-73H,18-28,30-33H2,1-17H3,(H,63,71)/t34-,35-,36+,37-,38-,39-,40?,43?,44?,45-,46+,47-,48-,49?,50-,51+,52-,53-,55+,57+,58+,59-,60+,61-,62+/m1/s1. The molecule has 0 bridgehead atoms. The van der Waals surface area contributed by atoms with Gasteiger partial charge in [0.15, 0.2) is 24.0 Å². The normalized spacial score (nSPS) is 49.1. The van der Waals surface area contributed by atoms with Crippen LogP contribution in [0.15, 0.2) is 11.6 Å². The lowest BCUT2D eigenvalue weighted by Gasteiger charge is -2.60. The highest BCUT2D eigenvalue weighted by atomic mass is 16.7. The summed E-state index contributed by atoms with van der Waals surface area (Å²) in [5, 5.41) is 65.2. The van der Waals surface area contributed by atoms with Crippen molar-refractivity contribution in [3.8, 4) is 0 Å². The van der Waals surface area contributed by atoms with Gasteiger partial charge in [-0.2, -0.15) is 0 Å². The smallest absolute Gasteiger partial charge is 0.311 e. The minimum Gasteiger partial charge on any atom is -0.459 e. The summed E-state index contributed by atoms with van der Waals surface area (Å²) in [7, 11) is 7.06. The van der Waals surface area contributed by atoms with E-state index in [0.29, 0.717) is 51.6 Å². The molecule has 7 aliphatic rings. The Kier molecular flexibility index (Phi) is 20.5. The van der Waals surface area contributed by atoms with E-state index in [1.165, 1.54) is 6.92 Å². The predicted molar refractivity (Wildman–Crippen MR) is 302 cm³/mol.